The molecule has 1 aromatic carbocycles. The summed E-state index contributed by atoms with van der Waals surface area (Å²) in [6, 6.07) is 10.5. The summed E-state index contributed by atoms with van der Waals surface area (Å²) in [7, 11) is 2.76. The summed E-state index contributed by atoms with van der Waals surface area (Å²) in [6.07, 6.45) is 0.835. The first-order valence-corrected chi connectivity index (χ1v) is 12.1. The molecule has 1 fully saturated rings. The van der Waals surface area contributed by atoms with Crippen LogP contribution >= 0.6 is 0 Å². The maximum Gasteiger partial charge on any atom is 0.343 e. The molecule has 2 aliphatic heterocycles. The molecule has 1 atom stereocenters. The Morgan fingerprint density at radius 2 is 1.78 bits per heavy atom. The summed E-state index contributed by atoms with van der Waals surface area (Å²) >= 11 is 0. The van der Waals surface area contributed by atoms with E-state index in [-0.39, 0.29) is 54.8 Å². The molecule has 36 heavy (non-hydrogen) atoms. The van der Waals surface area contributed by atoms with Gasteiger partial charge in [-0.25, -0.2) is 4.79 Å². The van der Waals surface area contributed by atoms with Gasteiger partial charge in [0.25, 0.3) is 11.5 Å². The van der Waals surface area contributed by atoms with E-state index in [0.717, 1.165) is 12.0 Å². The predicted octanol–water partition coefficient (Wildman–Crippen LogP) is 1.41. The number of likely N-dealkylation sites (tertiary alicyclic amines) is 1. The molecule has 2 aliphatic rings. The van der Waals surface area contributed by atoms with Gasteiger partial charge in [-0.15, -0.1) is 0 Å². The lowest BCUT2D eigenvalue weighted by atomic mass is 10.1. The normalized spacial score (nSPS) is 16.3. The van der Waals surface area contributed by atoms with E-state index in [2.05, 4.69) is 0 Å². The number of esters is 1. The molecule has 3 heterocycles. The fourth-order valence-corrected chi connectivity index (χ4v) is 4.78. The maximum atomic E-state index is 13.3. The first kappa shape index (κ1) is 25.4. The molecule has 10 nitrogen and oxygen atoms in total. The summed E-state index contributed by atoms with van der Waals surface area (Å²) in [5.41, 5.74) is 1.05. The Morgan fingerprint density at radius 3 is 2.44 bits per heavy atom. The van der Waals surface area contributed by atoms with Crippen LogP contribution in [0.25, 0.3) is 0 Å². The number of aromatic nitrogens is 1. The molecule has 1 aromatic heterocycles. The van der Waals surface area contributed by atoms with Crippen LogP contribution in [0.15, 0.2) is 41.2 Å². The van der Waals surface area contributed by atoms with E-state index >= 15 is 0 Å². The van der Waals surface area contributed by atoms with Gasteiger partial charge in [-0.3, -0.25) is 14.4 Å². The largest absolute Gasteiger partial charge is 0.491 e. The van der Waals surface area contributed by atoms with Crippen LogP contribution in [0.3, 0.4) is 0 Å². The number of hydrogen-bond donors (Lipinski definition) is 0. The molecule has 1 saturated heterocycles. The smallest absolute Gasteiger partial charge is 0.343 e. The lowest BCUT2D eigenvalue weighted by Crippen LogP contribution is -2.38. The molecule has 0 saturated carbocycles. The Labute approximate surface area is 209 Å². The van der Waals surface area contributed by atoms with E-state index < -0.39 is 12.1 Å². The lowest BCUT2D eigenvalue weighted by Gasteiger charge is -2.25. The molecule has 0 radical (unpaired) electrons. The fraction of sp³-hybridized carbons (Fsp3) is 0.462. The topological polar surface area (TPSA) is 107 Å². The van der Waals surface area contributed by atoms with Gasteiger partial charge in [0, 0.05) is 57.9 Å². The summed E-state index contributed by atoms with van der Waals surface area (Å²) in [4.78, 5) is 54.3. The molecule has 0 unspecified atom stereocenters. The van der Waals surface area contributed by atoms with E-state index in [1.807, 2.05) is 30.3 Å². The average molecular weight is 498 g/mol. The van der Waals surface area contributed by atoms with E-state index in [0.29, 0.717) is 31.7 Å². The van der Waals surface area contributed by atoms with Gasteiger partial charge >= 0.3 is 5.97 Å². The molecule has 2 amide bonds. The van der Waals surface area contributed by atoms with Crippen molar-refractivity contribution in [2.24, 2.45) is 0 Å². The van der Waals surface area contributed by atoms with Crippen molar-refractivity contribution in [3.8, 4) is 5.75 Å². The van der Waals surface area contributed by atoms with Crippen molar-refractivity contribution in [1.82, 2.24) is 14.4 Å². The second kappa shape index (κ2) is 11.4. The minimum atomic E-state index is -0.767. The number of fused-ring (bicyclic) bond motifs is 1. The molecule has 4 rings (SSSR count). The van der Waals surface area contributed by atoms with Crippen LogP contribution < -0.4 is 10.3 Å². The van der Waals surface area contributed by atoms with E-state index in [9.17, 15) is 19.2 Å². The summed E-state index contributed by atoms with van der Waals surface area (Å²) in [5, 5.41) is 0. The third kappa shape index (κ3) is 5.28. The van der Waals surface area contributed by atoms with Crippen LogP contribution in [0.2, 0.25) is 0 Å². The van der Waals surface area contributed by atoms with E-state index in [1.165, 1.54) is 24.9 Å². The van der Waals surface area contributed by atoms with E-state index in [4.69, 9.17) is 14.2 Å². The quantitative estimate of drug-likeness (QED) is 0.508. The third-order valence-corrected chi connectivity index (χ3v) is 6.65. The summed E-state index contributed by atoms with van der Waals surface area (Å²) in [5.74, 6) is -0.632. The summed E-state index contributed by atoms with van der Waals surface area (Å²) in [6.45, 7) is 2.00. The highest BCUT2D eigenvalue weighted by atomic mass is 16.5. The van der Waals surface area contributed by atoms with E-state index in [1.54, 1.807) is 9.80 Å². The first-order valence-electron chi connectivity index (χ1n) is 12.1. The van der Waals surface area contributed by atoms with Crippen molar-refractivity contribution < 1.29 is 28.6 Å². The van der Waals surface area contributed by atoms with Gasteiger partial charge < -0.3 is 28.6 Å². The van der Waals surface area contributed by atoms with Gasteiger partial charge in [0.05, 0.1) is 13.7 Å². The van der Waals surface area contributed by atoms with Gasteiger partial charge in [0.2, 0.25) is 5.91 Å². The van der Waals surface area contributed by atoms with Gasteiger partial charge in [0.15, 0.2) is 6.10 Å². The number of pyridine rings is 1. The molecule has 0 spiro atoms. The fourth-order valence-electron chi connectivity index (χ4n) is 4.78. The first-order chi connectivity index (χ1) is 17.4. The molecule has 0 aliphatic carbocycles. The van der Waals surface area contributed by atoms with Crippen molar-refractivity contribution in [2.75, 3.05) is 47.0 Å². The van der Waals surface area contributed by atoms with Crippen LogP contribution in [0, 0.1) is 0 Å². The number of carbonyl (C=O) groups excluding carboxylic acids is 3. The lowest BCUT2D eigenvalue weighted by molar-refractivity contribution is -0.142. The van der Waals surface area contributed by atoms with Gasteiger partial charge in [-0.2, -0.15) is 0 Å². The standard InChI is InChI=1S/C26H31N3O7/c1-34-24(18-7-4-3-5-8-18)25(32)28-12-10-19-23(26(33)35-2)20(17-22(31)29(19)14-13-28)36-16-15-27-11-6-9-21(27)30/h3-5,7-8,17,24H,6,9-16H2,1-2H3/t24-/m0/s1. The second-order valence-corrected chi connectivity index (χ2v) is 8.75. The van der Waals surface area contributed by atoms with Crippen LogP contribution in [0.1, 0.15) is 40.6 Å². The van der Waals surface area contributed by atoms with Crippen LogP contribution in [-0.4, -0.2) is 79.2 Å². The molecule has 0 N–H and O–H groups in total. The van der Waals surface area contributed by atoms with Crippen molar-refractivity contribution in [3.05, 3.63) is 63.6 Å². The number of ether oxygens (including phenoxy) is 3. The highest BCUT2D eigenvalue weighted by Gasteiger charge is 2.31. The average Bonchev–Trinajstić information content (AvgIpc) is 3.16. The van der Waals surface area contributed by atoms with Crippen molar-refractivity contribution in [3.63, 3.8) is 0 Å². The Morgan fingerprint density at radius 1 is 1.00 bits per heavy atom. The molecule has 10 heteroatoms. The van der Waals surface area contributed by atoms with Gasteiger partial charge in [-0.05, 0) is 12.0 Å². The Bertz CT molecular complexity index is 1180. The number of benzene rings is 1. The second-order valence-electron chi connectivity index (χ2n) is 8.75. The zero-order valence-electron chi connectivity index (χ0n) is 20.6. The Hall–Kier alpha value is -3.66. The van der Waals surface area contributed by atoms with Crippen molar-refractivity contribution in [2.45, 2.75) is 31.9 Å². The van der Waals surface area contributed by atoms with Crippen LogP contribution in [0.5, 0.6) is 5.75 Å². The third-order valence-electron chi connectivity index (χ3n) is 6.65. The maximum absolute atomic E-state index is 13.3. The minimum absolute atomic E-state index is 0.0726. The molecular weight excluding hydrogens is 466 g/mol. The Kier molecular flexibility index (Phi) is 8.04. The number of rotatable bonds is 8. The predicted molar refractivity (Wildman–Crippen MR) is 130 cm³/mol. The Balaban J connectivity index is 1.56. The number of nitrogens with zero attached hydrogens (tertiary/aromatic N) is 3. The molecular formula is C26H31N3O7. The number of carbonyl (C=O) groups is 3. The van der Waals surface area contributed by atoms with Gasteiger partial charge in [0.1, 0.15) is 17.9 Å². The zero-order valence-corrected chi connectivity index (χ0v) is 20.6. The highest BCUT2D eigenvalue weighted by Crippen LogP contribution is 2.26. The minimum Gasteiger partial charge on any atom is -0.491 e. The van der Waals surface area contributed by atoms with Crippen molar-refractivity contribution in [1.29, 1.82) is 0 Å². The number of hydrogen-bond acceptors (Lipinski definition) is 7. The van der Waals surface area contributed by atoms with Crippen molar-refractivity contribution >= 4 is 17.8 Å². The van der Waals surface area contributed by atoms with Gasteiger partial charge in [-0.1, -0.05) is 30.3 Å². The number of methoxy groups -OCH3 is 2. The SMILES string of the molecule is COC(=O)c1c(OCCN2CCCC2=O)cc(=O)n2c1CCN(C(=O)[C@@H](OC)c1ccccc1)CC2. The van der Waals surface area contributed by atoms with Crippen LogP contribution in [-0.2, 0) is 32.0 Å². The zero-order chi connectivity index (χ0) is 25.7. The molecule has 192 valence electrons. The summed E-state index contributed by atoms with van der Waals surface area (Å²) < 4.78 is 17.9. The number of amides is 2. The highest BCUT2D eigenvalue weighted by molar-refractivity contribution is 5.93. The van der Waals surface area contributed by atoms with Crippen LogP contribution in [0.4, 0.5) is 0 Å². The molecule has 2 aromatic rings. The monoisotopic (exact) mass is 497 g/mol. The molecule has 0 bridgehead atoms.